The molecule has 0 radical (unpaired) electrons. The van der Waals surface area contributed by atoms with Crippen LogP contribution in [0.25, 0.3) is 0 Å². The van der Waals surface area contributed by atoms with Crippen LogP contribution in [-0.2, 0) is 19.4 Å². The van der Waals surface area contributed by atoms with Crippen LogP contribution in [0.1, 0.15) is 16.7 Å². The van der Waals surface area contributed by atoms with E-state index in [0.29, 0.717) is 6.42 Å². The topological polar surface area (TPSA) is 58.3 Å². The lowest BCUT2D eigenvalue weighted by atomic mass is 9.89. The Hall–Kier alpha value is -1.68. The number of nitrogens with two attached hydrogens (primary N) is 1. The van der Waals surface area contributed by atoms with E-state index in [1.165, 1.54) is 16.7 Å². The summed E-state index contributed by atoms with van der Waals surface area (Å²) in [5, 5.41) is 14.0. The third-order valence-corrected chi connectivity index (χ3v) is 4.28. The molecule has 110 valence electrons. The highest BCUT2D eigenvalue weighted by Crippen LogP contribution is 2.19. The zero-order chi connectivity index (χ0) is 14.7. The second-order valence-corrected chi connectivity index (χ2v) is 5.80. The molecule has 0 bridgehead atoms. The van der Waals surface area contributed by atoms with Gasteiger partial charge in [0.15, 0.2) is 0 Å². The van der Waals surface area contributed by atoms with E-state index in [1.807, 2.05) is 18.2 Å². The summed E-state index contributed by atoms with van der Waals surface area (Å²) in [7, 11) is 0. The fourth-order valence-corrected chi connectivity index (χ4v) is 3.03. The molecule has 1 aliphatic heterocycles. The summed E-state index contributed by atoms with van der Waals surface area (Å²) in [4.78, 5) is 0. The van der Waals surface area contributed by atoms with Gasteiger partial charge in [0.05, 0.1) is 6.10 Å². The van der Waals surface area contributed by atoms with Crippen molar-refractivity contribution >= 4 is 0 Å². The molecule has 0 spiro atoms. The molecule has 0 aliphatic carbocycles. The summed E-state index contributed by atoms with van der Waals surface area (Å²) >= 11 is 0. The minimum atomic E-state index is -0.543. The number of nitrogens with one attached hydrogen (secondary N) is 1. The van der Waals surface area contributed by atoms with Gasteiger partial charge in [0, 0.05) is 18.6 Å². The van der Waals surface area contributed by atoms with E-state index < -0.39 is 6.10 Å². The van der Waals surface area contributed by atoms with E-state index in [2.05, 4.69) is 41.7 Å². The molecule has 2 aromatic rings. The van der Waals surface area contributed by atoms with E-state index >= 15 is 0 Å². The van der Waals surface area contributed by atoms with Crippen molar-refractivity contribution in [1.82, 2.24) is 5.32 Å². The maximum absolute atomic E-state index is 10.5. The van der Waals surface area contributed by atoms with Crippen molar-refractivity contribution in [3.63, 3.8) is 0 Å². The van der Waals surface area contributed by atoms with Crippen molar-refractivity contribution in [1.29, 1.82) is 0 Å². The van der Waals surface area contributed by atoms with Crippen molar-refractivity contribution in [2.75, 3.05) is 0 Å². The molecule has 0 saturated carbocycles. The standard InChI is InChI=1S/C18H22N2O/c19-16(10-13-6-2-1-3-7-13)18(21)17-11-14-8-4-5-9-15(14)12-20-17/h1-9,16-18,20-21H,10-12,19H2/t16-,17+,18-/m0/s1. The van der Waals surface area contributed by atoms with Crippen LogP contribution in [0.5, 0.6) is 0 Å². The van der Waals surface area contributed by atoms with Crippen molar-refractivity contribution in [2.45, 2.75) is 37.6 Å². The largest absolute Gasteiger partial charge is 0.390 e. The normalized spacial score (nSPS) is 20.6. The highest BCUT2D eigenvalue weighted by atomic mass is 16.3. The highest BCUT2D eigenvalue weighted by Gasteiger charge is 2.28. The minimum absolute atomic E-state index is 0.0265. The Bertz CT molecular complexity index is 585. The fourth-order valence-electron chi connectivity index (χ4n) is 3.03. The second-order valence-electron chi connectivity index (χ2n) is 5.80. The number of benzene rings is 2. The zero-order valence-electron chi connectivity index (χ0n) is 12.1. The van der Waals surface area contributed by atoms with Crippen LogP contribution in [0.2, 0.25) is 0 Å². The van der Waals surface area contributed by atoms with Crippen LogP contribution in [0, 0.1) is 0 Å². The van der Waals surface area contributed by atoms with E-state index in [-0.39, 0.29) is 12.1 Å². The molecular weight excluding hydrogens is 260 g/mol. The molecule has 0 aromatic heterocycles. The fraction of sp³-hybridized carbons (Fsp3) is 0.333. The van der Waals surface area contributed by atoms with Gasteiger partial charge in [-0.3, -0.25) is 0 Å². The lowest BCUT2D eigenvalue weighted by Gasteiger charge is -2.32. The van der Waals surface area contributed by atoms with Crippen molar-refractivity contribution in [2.24, 2.45) is 5.73 Å². The Labute approximate surface area is 125 Å². The Balaban J connectivity index is 1.64. The van der Waals surface area contributed by atoms with E-state index in [9.17, 15) is 5.11 Å². The van der Waals surface area contributed by atoms with Gasteiger partial charge in [-0.15, -0.1) is 0 Å². The van der Waals surface area contributed by atoms with Gasteiger partial charge < -0.3 is 16.2 Å². The summed E-state index contributed by atoms with van der Waals surface area (Å²) in [6, 6.07) is 18.3. The average molecular weight is 282 g/mol. The van der Waals surface area contributed by atoms with E-state index in [1.54, 1.807) is 0 Å². The molecule has 4 N–H and O–H groups in total. The van der Waals surface area contributed by atoms with Gasteiger partial charge in [0.2, 0.25) is 0 Å². The van der Waals surface area contributed by atoms with Crippen LogP contribution in [0.4, 0.5) is 0 Å². The number of rotatable bonds is 4. The number of aliphatic hydroxyl groups excluding tert-OH is 1. The molecule has 0 saturated heterocycles. The van der Waals surface area contributed by atoms with Crippen LogP contribution >= 0.6 is 0 Å². The Morgan fingerprint density at radius 3 is 2.48 bits per heavy atom. The third-order valence-electron chi connectivity index (χ3n) is 4.28. The highest BCUT2D eigenvalue weighted by molar-refractivity contribution is 5.30. The summed E-state index contributed by atoms with van der Waals surface area (Å²) in [5.41, 5.74) is 10.0. The van der Waals surface area contributed by atoms with Gasteiger partial charge in [-0.2, -0.15) is 0 Å². The average Bonchev–Trinajstić information content (AvgIpc) is 2.54. The molecule has 2 aromatic carbocycles. The smallest absolute Gasteiger partial charge is 0.0850 e. The van der Waals surface area contributed by atoms with Gasteiger partial charge in [-0.1, -0.05) is 54.6 Å². The van der Waals surface area contributed by atoms with E-state index in [0.717, 1.165) is 13.0 Å². The predicted octanol–water partition coefficient (Wildman–Crippen LogP) is 1.63. The molecule has 0 amide bonds. The van der Waals surface area contributed by atoms with Crippen LogP contribution in [0.3, 0.4) is 0 Å². The molecule has 3 rings (SSSR count). The lowest BCUT2D eigenvalue weighted by Crippen LogP contribution is -2.52. The molecule has 1 heterocycles. The van der Waals surface area contributed by atoms with Crippen molar-refractivity contribution < 1.29 is 5.11 Å². The molecular formula is C18H22N2O. The minimum Gasteiger partial charge on any atom is -0.390 e. The zero-order valence-corrected chi connectivity index (χ0v) is 12.1. The second kappa shape index (κ2) is 6.39. The summed E-state index contributed by atoms with van der Waals surface area (Å²) in [6.07, 6.45) is 0.986. The first-order valence-corrected chi connectivity index (χ1v) is 7.52. The Morgan fingerprint density at radius 1 is 1.05 bits per heavy atom. The Morgan fingerprint density at radius 2 is 1.71 bits per heavy atom. The first-order chi connectivity index (χ1) is 10.2. The Kier molecular flexibility index (Phi) is 4.34. The molecule has 3 nitrogen and oxygen atoms in total. The number of hydrogen-bond acceptors (Lipinski definition) is 3. The van der Waals surface area contributed by atoms with Crippen molar-refractivity contribution in [3.05, 3.63) is 71.3 Å². The van der Waals surface area contributed by atoms with Crippen LogP contribution in [-0.4, -0.2) is 23.3 Å². The van der Waals surface area contributed by atoms with Crippen molar-refractivity contribution in [3.8, 4) is 0 Å². The number of hydrogen-bond donors (Lipinski definition) is 3. The SMILES string of the molecule is N[C@@H](Cc1ccccc1)[C@H](O)[C@H]1Cc2ccccc2CN1. The lowest BCUT2D eigenvalue weighted by molar-refractivity contribution is 0.0965. The van der Waals surface area contributed by atoms with E-state index in [4.69, 9.17) is 5.73 Å². The van der Waals surface area contributed by atoms with Gasteiger partial charge >= 0.3 is 0 Å². The summed E-state index contributed by atoms with van der Waals surface area (Å²) < 4.78 is 0. The predicted molar refractivity (Wildman–Crippen MR) is 84.9 cm³/mol. The molecule has 21 heavy (non-hydrogen) atoms. The van der Waals surface area contributed by atoms with Gasteiger partial charge in [-0.05, 0) is 29.5 Å². The number of aliphatic hydroxyl groups is 1. The quantitative estimate of drug-likeness (QED) is 0.799. The first kappa shape index (κ1) is 14.3. The van der Waals surface area contributed by atoms with Gasteiger partial charge in [-0.25, -0.2) is 0 Å². The molecule has 0 unspecified atom stereocenters. The van der Waals surface area contributed by atoms with Gasteiger partial charge in [0.1, 0.15) is 0 Å². The van der Waals surface area contributed by atoms with Crippen LogP contribution in [0.15, 0.2) is 54.6 Å². The van der Waals surface area contributed by atoms with Crippen LogP contribution < -0.4 is 11.1 Å². The molecule has 1 aliphatic rings. The van der Waals surface area contributed by atoms with Gasteiger partial charge in [0.25, 0.3) is 0 Å². The maximum atomic E-state index is 10.5. The third kappa shape index (κ3) is 3.32. The maximum Gasteiger partial charge on any atom is 0.0850 e. The molecule has 3 atom stereocenters. The first-order valence-electron chi connectivity index (χ1n) is 7.52. The number of fused-ring (bicyclic) bond motifs is 1. The summed E-state index contributed by atoms with van der Waals surface area (Å²) in [5.74, 6) is 0. The summed E-state index contributed by atoms with van der Waals surface area (Å²) in [6.45, 7) is 0.802. The monoisotopic (exact) mass is 282 g/mol. The molecule has 3 heteroatoms. The molecule has 0 fully saturated rings.